The van der Waals surface area contributed by atoms with E-state index in [9.17, 15) is 53.7 Å². The zero-order valence-corrected chi connectivity index (χ0v) is 26.6. The molecule has 47 heavy (non-hydrogen) atoms. The Labute approximate surface area is 265 Å². The maximum Gasteiger partial charge on any atom is 0.490 e. The van der Waals surface area contributed by atoms with Gasteiger partial charge in [0.1, 0.15) is 24.3 Å². The second-order valence-electron chi connectivity index (χ2n) is 9.88. The Morgan fingerprint density at radius 1 is 1.17 bits per heavy atom. The van der Waals surface area contributed by atoms with E-state index in [1.165, 1.54) is 30.5 Å². The van der Waals surface area contributed by atoms with E-state index >= 15 is 0 Å². The van der Waals surface area contributed by atoms with Gasteiger partial charge in [0.15, 0.2) is 0 Å². The summed E-state index contributed by atoms with van der Waals surface area (Å²) in [6, 6.07) is 5.45. The van der Waals surface area contributed by atoms with Crippen LogP contribution in [0.4, 0.5) is 5.82 Å². The van der Waals surface area contributed by atoms with Crippen LogP contribution in [0.15, 0.2) is 36.5 Å². The molecule has 21 nitrogen and oxygen atoms in total. The van der Waals surface area contributed by atoms with Gasteiger partial charge in [-0.25, -0.2) is 18.3 Å². The first kappa shape index (κ1) is 38.4. The highest BCUT2D eigenvalue weighted by atomic mass is 31.3. The molecule has 1 amide bonds. The van der Waals surface area contributed by atoms with Crippen molar-refractivity contribution in [2.24, 2.45) is 5.73 Å². The van der Waals surface area contributed by atoms with Gasteiger partial charge in [0.25, 0.3) is 0 Å². The molecule has 1 saturated heterocycles. The molecule has 7 atom stereocenters. The van der Waals surface area contributed by atoms with Gasteiger partial charge in [0.05, 0.1) is 30.4 Å². The highest BCUT2D eigenvalue weighted by molar-refractivity contribution is 7.66. The summed E-state index contributed by atoms with van der Waals surface area (Å²) in [7, 11) is -17.3. The van der Waals surface area contributed by atoms with Crippen LogP contribution in [0.2, 0.25) is 0 Å². The summed E-state index contributed by atoms with van der Waals surface area (Å²) >= 11 is 0. The number of rotatable bonds is 15. The van der Waals surface area contributed by atoms with Crippen LogP contribution in [0, 0.1) is 22.0 Å². The van der Waals surface area contributed by atoms with Crippen LogP contribution in [-0.2, 0) is 42.8 Å². The first-order valence-corrected chi connectivity index (χ1v) is 17.7. The lowest BCUT2D eigenvalue weighted by Crippen LogP contribution is -2.47. The zero-order valence-electron chi connectivity index (χ0n) is 23.9. The summed E-state index contributed by atoms with van der Waals surface area (Å²) in [5.41, 5.74) is 6.53. The fourth-order valence-electron chi connectivity index (χ4n) is 4.19. The number of benzene rings is 1. The molecule has 2 aromatic rings. The number of aromatic nitrogens is 1. The molecule has 0 saturated carbocycles. The number of nitro groups is 1. The normalized spacial score (nSPS) is 21.9. The highest BCUT2D eigenvalue weighted by Gasteiger charge is 2.42. The lowest BCUT2D eigenvalue weighted by Gasteiger charge is -2.23. The number of aliphatic hydroxyl groups is 2. The number of carbonyl (C=O) groups is 1. The smallest absolute Gasteiger partial charge is 0.490 e. The summed E-state index contributed by atoms with van der Waals surface area (Å²) in [5, 5.41) is 42.5. The van der Waals surface area contributed by atoms with Crippen molar-refractivity contribution in [1.82, 2.24) is 9.88 Å². The number of hydrogen-bond acceptors (Lipinski definition) is 14. The molecule has 1 aliphatic rings. The van der Waals surface area contributed by atoms with Gasteiger partial charge < -0.3 is 60.8 Å². The molecule has 1 aliphatic heterocycles. The van der Waals surface area contributed by atoms with Crippen molar-refractivity contribution in [3.63, 3.8) is 0 Å². The van der Waals surface area contributed by atoms with Crippen LogP contribution in [0.3, 0.4) is 0 Å². The molecular weight excluding hydrogens is 697 g/mol. The van der Waals surface area contributed by atoms with Gasteiger partial charge in [-0.2, -0.15) is 8.62 Å². The predicted octanol–water partition coefficient (Wildman–Crippen LogP) is 0.230. The van der Waals surface area contributed by atoms with Crippen molar-refractivity contribution >= 4 is 35.2 Å². The fourth-order valence-corrected chi connectivity index (χ4v) is 7.33. The first-order chi connectivity index (χ1) is 21.8. The van der Waals surface area contributed by atoms with Crippen LogP contribution in [0.1, 0.15) is 36.6 Å². The number of phenols is 1. The summed E-state index contributed by atoms with van der Waals surface area (Å²) in [5.74, 6) is 3.76. The van der Waals surface area contributed by atoms with Gasteiger partial charge in [-0.05, 0) is 29.0 Å². The maximum absolute atomic E-state index is 12.8. The number of aliphatic hydroxyl groups excluding tert-OH is 2. The summed E-state index contributed by atoms with van der Waals surface area (Å²) in [4.78, 5) is 60.5. The number of amides is 1. The monoisotopic (exact) mass is 728 g/mol. The number of phenolic OH excluding ortho intramolecular Hbond substituents is 1. The molecule has 1 aromatic heterocycles. The third-order valence-corrected chi connectivity index (χ3v) is 10.0. The summed E-state index contributed by atoms with van der Waals surface area (Å²) in [6.07, 6.45) is -4.40. The lowest BCUT2D eigenvalue weighted by molar-refractivity contribution is -0.393. The van der Waals surface area contributed by atoms with Crippen molar-refractivity contribution in [2.45, 2.75) is 56.4 Å². The van der Waals surface area contributed by atoms with Crippen molar-refractivity contribution < 1.29 is 76.2 Å². The number of aromatic hydroxyl groups is 1. The number of phosphoric acid groups is 3. The highest BCUT2D eigenvalue weighted by Crippen LogP contribution is 2.66. The summed E-state index contributed by atoms with van der Waals surface area (Å²) in [6.45, 7) is -0.515. The number of hydrogen-bond donors (Lipinski definition) is 9. The van der Waals surface area contributed by atoms with E-state index in [4.69, 9.17) is 24.8 Å². The molecule has 1 aromatic carbocycles. The van der Waals surface area contributed by atoms with E-state index in [-0.39, 0.29) is 30.6 Å². The van der Waals surface area contributed by atoms with Crippen LogP contribution >= 0.6 is 23.5 Å². The minimum Gasteiger partial charge on any atom is -0.508 e. The largest absolute Gasteiger partial charge is 0.508 e. The van der Waals surface area contributed by atoms with E-state index in [2.05, 4.69) is 25.8 Å². The molecule has 3 rings (SSSR count). The molecule has 10 N–H and O–H groups in total. The Bertz CT molecular complexity index is 1630. The maximum atomic E-state index is 12.8. The number of nitrogens with two attached hydrogens (primary N) is 1. The number of carbonyl (C=O) groups excluding carboxylic acids is 1. The topological polar surface area (TPSA) is 333 Å². The Hall–Kier alpha value is -3.02. The van der Waals surface area contributed by atoms with E-state index in [1.54, 1.807) is 0 Å². The number of nitrogens with one attached hydrogen (secondary N) is 1. The number of phosphoric ester groups is 1. The van der Waals surface area contributed by atoms with Gasteiger partial charge in [0, 0.05) is 19.3 Å². The third-order valence-electron chi connectivity index (χ3n) is 6.18. The molecule has 3 unspecified atom stereocenters. The SMILES string of the molecule is N[C@@H](Cc1ccc(O)cc1)C(=O)NC(CCC#Cc1cc([N+](=O)[O-])n([C@H]2C[C@H](O)[C@@H](CO)O2)c1)OP(=O)(O)OP(=O)(O)OP(=O)(O)O. The van der Waals surface area contributed by atoms with Crippen molar-refractivity contribution in [3.05, 3.63) is 57.8 Å². The summed E-state index contributed by atoms with van der Waals surface area (Å²) < 4.78 is 53.8. The van der Waals surface area contributed by atoms with Crippen LogP contribution in [0.5, 0.6) is 5.75 Å². The van der Waals surface area contributed by atoms with E-state index < -0.39 is 83.8 Å². The van der Waals surface area contributed by atoms with Gasteiger partial charge in [0.2, 0.25) is 12.1 Å². The van der Waals surface area contributed by atoms with Crippen LogP contribution in [-0.4, -0.2) is 81.4 Å². The van der Waals surface area contributed by atoms with Crippen molar-refractivity contribution in [3.8, 4) is 17.6 Å². The van der Waals surface area contributed by atoms with Gasteiger partial charge >= 0.3 is 29.3 Å². The lowest BCUT2D eigenvalue weighted by atomic mass is 10.1. The second kappa shape index (κ2) is 15.9. The van der Waals surface area contributed by atoms with E-state index in [0.29, 0.717) is 5.56 Å². The van der Waals surface area contributed by atoms with Crippen molar-refractivity contribution in [1.29, 1.82) is 0 Å². The average molecular weight is 728 g/mol. The molecule has 0 aliphatic carbocycles. The molecule has 0 radical (unpaired) electrons. The molecule has 1 fully saturated rings. The minimum atomic E-state index is -5.88. The molecular formula is C23H31N4O17P3. The zero-order chi connectivity index (χ0) is 35.2. The third kappa shape index (κ3) is 12.2. The van der Waals surface area contributed by atoms with Crippen LogP contribution < -0.4 is 11.1 Å². The number of nitrogens with zero attached hydrogens (tertiary/aromatic N) is 2. The van der Waals surface area contributed by atoms with Gasteiger partial charge in [-0.15, -0.1) is 0 Å². The molecule has 0 bridgehead atoms. The Morgan fingerprint density at radius 3 is 2.40 bits per heavy atom. The standard InChI is InChI=1S/C23H31N4O17P3/c24-17(9-14-5-7-16(29)8-6-14)23(31)25-20(42-46(37,38)44-47(39,40)43-45(34,35)36)4-2-1-3-15-10-21(27(32)33)26(12-15)22-11-18(30)19(13-28)41-22/h5-8,10,12,17-20,22,28-30H,2,4,9,11,13,24H2,(H,25,31)(H,37,38)(H,39,40)(H2,34,35,36)/t17-,18-,19+,20?,22+/m0/s1. The van der Waals surface area contributed by atoms with Gasteiger partial charge in [-0.3, -0.25) is 9.32 Å². The fraction of sp³-hybridized carbons (Fsp3) is 0.435. The van der Waals surface area contributed by atoms with Crippen molar-refractivity contribution in [2.75, 3.05) is 6.61 Å². The van der Waals surface area contributed by atoms with Crippen LogP contribution in [0.25, 0.3) is 0 Å². The first-order valence-electron chi connectivity index (χ1n) is 13.2. The quantitative estimate of drug-likeness (QED) is 0.0389. The number of ether oxygens (including phenoxy) is 1. The Balaban J connectivity index is 1.76. The molecule has 260 valence electrons. The Morgan fingerprint density at radius 2 is 1.83 bits per heavy atom. The molecule has 2 heterocycles. The predicted molar refractivity (Wildman–Crippen MR) is 155 cm³/mol. The molecule has 0 spiro atoms. The Kier molecular flexibility index (Phi) is 13.0. The minimum absolute atomic E-state index is 0.0453. The van der Waals surface area contributed by atoms with Gasteiger partial charge in [-0.1, -0.05) is 24.0 Å². The molecule has 24 heteroatoms. The second-order valence-corrected chi connectivity index (χ2v) is 14.2. The van der Waals surface area contributed by atoms with E-state index in [1.807, 2.05) is 0 Å². The average Bonchev–Trinajstić information content (AvgIpc) is 3.53. The van der Waals surface area contributed by atoms with E-state index in [0.717, 1.165) is 10.6 Å².